The molecule has 8 heteroatoms. The van der Waals surface area contributed by atoms with Crippen LogP contribution in [0.3, 0.4) is 0 Å². The molecule has 0 aliphatic heterocycles. The molecular formula is C16H19FN4OS2. The fraction of sp³-hybridized carbons (Fsp3) is 0.312. The second-order valence-corrected chi connectivity index (χ2v) is 7.69. The molecular weight excluding hydrogens is 347 g/mol. The van der Waals surface area contributed by atoms with Crippen LogP contribution in [0.25, 0.3) is 0 Å². The van der Waals surface area contributed by atoms with Gasteiger partial charge in [-0.15, -0.1) is 16.8 Å². The Labute approximate surface area is 149 Å². The molecule has 128 valence electrons. The summed E-state index contributed by atoms with van der Waals surface area (Å²) in [4.78, 5) is 14.0. The SMILES string of the molecule is C=CCNc1nnc(SC(C)C(=O)N(C)Cc2cccc(F)c2)s1. The number of amides is 1. The predicted octanol–water partition coefficient (Wildman–Crippen LogP) is 3.41. The summed E-state index contributed by atoms with van der Waals surface area (Å²) in [6.45, 7) is 6.44. The molecule has 1 N–H and O–H groups in total. The molecule has 0 bridgehead atoms. The first-order valence-corrected chi connectivity index (χ1v) is 9.03. The van der Waals surface area contributed by atoms with E-state index in [2.05, 4.69) is 22.1 Å². The lowest BCUT2D eigenvalue weighted by Crippen LogP contribution is -2.32. The monoisotopic (exact) mass is 366 g/mol. The van der Waals surface area contributed by atoms with Gasteiger partial charge in [-0.3, -0.25) is 4.79 Å². The van der Waals surface area contributed by atoms with Gasteiger partial charge in [-0.2, -0.15) is 0 Å². The van der Waals surface area contributed by atoms with E-state index in [9.17, 15) is 9.18 Å². The quantitative estimate of drug-likeness (QED) is 0.573. The van der Waals surface area contributed by atoms with E-state index in [-0.39, 0.29) is 17.0 Å². The van der Waals surface area contributed by atoms with E-state index < -0.39 is 0 Å². The van der Waals surface area contributed by atoms with Crippen molar-refractivity contribution in [2.24, 2.45) is 0 Å². The molecule has 24 heavy (non-hydrogen) atoms. The lowest BCUT2D eigenvalue weighted by atomic mass is 10.2. The number of aromatic nitrogens is 2. The normalized spacial score (nSPS) is 11.8. The molecule has 1 unspecified atom stereocenters. The van der Waals surface area contributed by atoms with Gasteiger partial charge in [0.05, 0.1) is 5.25 Å². The number of rotatable bonds is 8. The van der Waals surface area contributed by atoms with Gasteiger partial charge in [-0.25, -0.2) is 4.39 Å². The number of hydrogen-bond acceptors (Lipinski definition) is 6. The van der Waals surface area contributed by atoms with Gasteiger partial charge >= 0.3 is 0 Å². The Hall–Kier alpha value is -1.93. The smallest absolute Gasteiger partial charge is 0.235 e. The second-order valence-electron chi connectivity index (χ2n) is 5.13. The van der Waals surface area contributed by atoms with Crippen LogP contribution >= 0.6 is 23.1 Å². The molecule has 1 amide bonds. The Bertz CT molecular complexity index is 707. The summed E-state index contributed by atoms with van der Waals surface area (Å²) in [5.74, 6) is -0.343. The highest BCUT2D eigenvalue weighted by Crippen LogP contribution is 2.29. The average molecular weight is 366 g/mol. The molecule has 0 radical (unpaired) electrons. The summed E-state index contributed by atoms with van der Waals surface area (Å²) in [6.07, 6.45) is 1.74. The van der Waals surface area contributed by atoms with E-state index in [0.29, 0.717) is 18.2 Å². The minimum Gasteiger partial charge on any atom is -0.357 e. The fourth-order valence-corrected chi connectivity index (χ4v) is 4.01. The third-order valence-electron chi connectivity index (χ3n) is 3.11. The van der Waals surface area contributed by atoms with Crippen LogP contribution in [0.1, 0.15) is 12.5 Å². The summed E-state index contributed by atoms with van der Waals surface area (Å²) >= 11 is 2.76. The Morgan fingerprint density at radius 2 is 2.33 bits per heavy atom. The Kier molecular flexibility index (Phi) is 6.74. The minimum atomic E-state index is -0.302. The topological polar surface area (TPSA) is 58.1 Å². The summed E-state index contributed by atoms with van der Waals surface area (Å²) in [5, 5.41) is 11.5. The molecule has 1 atom stereocenters. The van der Waals surface area contributed by atoms with Crippen molar-refractivity contribution in [2.45, 2.75) is 23.1 Å². The molecule has 2 rings (SSSR count). The van der Waals surface area contributed by atoms with Gasteiger partial charge in [-0.1, -0.05) is 41.3 Å². The van der Waals surface area contributed by atoms with E-state index in [1.165, 1.54) is 35.2 Å². The van der Waals surface area contributed by atoms with Crippen LogP contribution < -0.4 is 5.32 Å². The largest absolute Gasteiger partial charge is 0.357 e. The molecule has 0 saturated heterocycles. The van der Waals surface area contributed by atoms with Gasteiger partial charge in [0.15, 0.2) is 4.34 Å². The Balaban J connectivity index is 1.91. The van der Waals surface area contributed by atoms with E-state index in [1.807, 2.05) is 6.92 Å². The number of nitrogens with one attached hydrogen (secondary N) is 1. The highest BCUT2D eigenvalue weighted by molar-refractivity contribution is 8.02. The van der Waals surface area contributed by atoms with Crippen molar-refractivity contribution >= 4 is 34.1 Å². The molecule has 1 aromatic carbocycles. The lowest BCUT2D eigenvalue weighted by Gasteiger charge is -2.20. The number of thioether (sulfide) groups is 1. The Morgan fingerprint density at radius 1 is 1.54 bits per heavy atom. The van der Waals surface area contributed by atoms with Crippen molar-refractivity contribution in [1.82, 2.24) is 15.1 Å². The van der Waals surface area contributed by atoms with E-state index in [4.69, 9.17) is 0 Å². The third kappa shape index (κ3) is 5.31. The van der Waals surface area contributed by atoms with Crippen LogP contribution in [0.2, 0.25) is 0 Å². The summed E-state index contributed by atoms with van der Waals surface area (Å²) in [7, 11) is 1.71. The summed E-state index contributed by atoms with van der Waals surface area (Å²) in [6, 6.07) is 6.26. The second kappa shape index (κ2) is 8.79. The zero-order valence-corrected chi connectivity index (χ0v) is 15.2. The maximum Gasteiger partial charge on any atom is 0.235 e. The molecule has 5 nitrogen and oxygen atoms in total. The lowest BCUT2D eigenvalue weighted by molar-refractivity contribution is -0.129. The summed E-state index contributed by atoms with van der Waals surface area (Å²) in [5.41, 5.74) is 0.759. The van der Waals surface area contributed by atoms with Crippen LogP contribution in [0, 0.1) is 5.82 Å². The number of carbonyl (C=O) groups is 1. The average Bonchev–Trinajstić information content (AvgIpc) is 2.99. The van der Waals surface area contributed by atoms with Gasteiger partial charge in [0.1, 0.15) is 5.82 Å². The molecule has 0 aliphatic carbocycles. The first kappa shape index (κ1) is 18.4. The zero-order valence-electron chi connectivity index (χ0n) is 13.5. The van der Waals surface area contributed by atoms with Crippen molar-refractivity contribution in [3.05, 3.63) is 48.3 Å². The van der Waals surface area contributed by atoms with Crippen molar-refractivity contribution in [3.8, 4) is 0 Å². The van der Waals surface area contributed by atoms with Crippen molar-refractivity contribution in [2.75, 3.05) is 18.9 Å². The molecule has 1 aromatic heterocycles. The van der Waals surface area contributed by atoms with Crippen LogP contribution in [0.4, 0.5) is 9.52 Å². The maximum atomic E-state index is 13.2. The maximum absolute atomic E-state index is 13.2. The molecule has 1 heterocycles. The number of carbonyl (C=O) groups excluding carboxylic acids is 1. The van der Waals surface area contributed by atoms with E-state index in [1.54, 1.807) is 30.2 Å². The standard InChI is InChI=1S/C16H19FN4OS2/c1-4-8-18-15-19-20-16(24-15)23-11(2)14(22)21(3)10-12-6-5-7-13(17)9-12/h4-7,9,11H,1,8,10H2,2-3H3,(H,18,19). The van der Waals surface area contributed by atoms with Crippen LogP contribution in [0.15, 0.2) is 41.3 Å². The number of anilines is 1. The zero-order chi connectivity index (χ0) is 17.5. The minimum absolute atomic E-state index is 0.0416. The molecule has 0 spiro atoms. The predicted molar refractivity (Wildman–Crippen MR) is 96.8 cm³/mol. The van der Waals surface area contributed by atoms with Gasteiger partial charge < -0.3 is 10.2 Å². The van der Waals surface area contributed by atoms with Crippen LogP contribution in [-0.4, -0.2) is 39.8 Å². The van der Waals surface area contributed by atoms with Crippen molar-refractivity contribution in [1.29, 1.82) is 0 Å². The highest BCUT2D eigenvalue weighted by Gasteiger charge is 2.20. The number of benzene rings is 1. The molecule has 0 aliphatic rings. The number of halogens is 1. The van der Waals surface area contributed by atoms with Crippen molar-refractivity contribution in [3.63, 3.8) is 0 Å². The van der Waals surface area contributed by atoms with Gasteiger partial charge in [-0.05, 0) is 24.6 Å². The third-order valence-corrected chi connectivity index (χ3v) is 5.17. The van der Waals surface area contributed by atoms with E-state index in [0.717, 1.165) is 9.90 Å². The van der Waals surface area contributed by atoms with Gasteiger partial charge in [0, 0.05) is 20.1 Å². The Morgan fingerprint density at radius 3 is 3.04 bits per heavy atom. The van der Waals surface area contributed by atoms with E-state index >= 15 is 0 Å². The molecule has 0 saturated carbocycles. The van der Waals surface area contributed by atoms with Gasteiger partial charge in [0.2, 0.25) is 11.0 Å². The molecule has 0 fully saturated rings. The fourth-order valence-electron chi connectivity index (χ4n) is 1.99. The highest BCUT2D eigenvalue weighted by atomic mass is 32.2. The number of hydrogen-bond donors (Lipinski definition) is 1. The van der Waals surface area contributed by atoms with Gasteiger partial charge in [0.25, 0.3) is 0 Å². The van der Waals surface area contributed by atoms with Crippen LogP contribution in [0.5, 0.6) is 0 Å². The van der Waals surface area contributed by atoms with Crippen LogP contribution in [-0.2, 0) is 11.3 Å². The first-order valence-electron chi connectivity index (χ1n) is 7.34. The first-order chi connectivity index (χ1) is 11.5. The van der Waals surface area contributed by atoms with Crippen molar-refractivity contribution < 1.29 is 9.18 Å². The summed E-state index contributed by atoms with van der Waals surface area (Å²) < 4.78 is 13.9. The number of nitrogens with zero attached hydrogens (tertiary/aromatic N) is 3. The molecule has 2 aromatic rings.